The molecule has 1 unspecified atom stereocenters. The third-order valence-corrected chi connectivity index (χ3v) is 5.76. The Kier molecular flexibility index (Phi) is 5.77. The summed E-state index contributed by atoms with van der Waals surface area (Å²) in [6.45, 7) is 2.39. The van der Waals surface area contributed by atoms with E-state index >= 15 is 0 Å². The Bertz CT molecular complexity index is 635. The topological polar surface area (TPSA) is 63.2 Å². The molecule has 1 N–H and O–H groups in total. The van der Waals surface area contributed by atoms with Crippen molar-refractivity contribution in [3.05, 3.63) is 47.5 Å². The van der Waals surface area contributed by atoms with E-state index in [1.807, 2.05) is 25.1 Å². The Balaban J connectivity index is 1.73. The van der Waals surface area contributed by atoms with Crippen molar-refractivity contribution in [3.63, 3.8) is 0 Å². The largest absolute Gasteiger partial charge is 0.352 e. The van der Waals surface area contributed by atoms with Gasteiger partial charge in [-0.15, -0.1) is 0 Å². The Morgan fingerprint density at radius 1 is 1.32 bits per heavy atom. The standard InChI is InChI=1S/C17H23NO3S/c1-14(7-8-15-5-3-2-4-6-15)11-17(19)18-12-16-9-10-22(20,21)13-16/h2-6,11,16H,7-10,12-13H2,1H3,(H,18,19)/b14-11+. The van der Waals surface area contributed by atoms with Crippen LogP contribution in [0, 0.1) is 5.92 Å². The summed E-state index contributed by atoms with van der Waals surface area (Å²) in [5.74, 6) is 0.380. The van der Waals surface area contributed by atoms with Crippen LogP contribution in [-0.4, -0.2) is 32.4 Å². The molecule has 4 nitrogen and oxygen atoms in total. The fraction of sp³-hybridized carbons (Fsp3) is 0.471. The number of aryl methyl sites for hydroxylation is 1. The molecule has 1 aliphatic rings. The van der Waals surface area contributed by atoms with Gasteiger partial charge in [-0.1, -0.05) is 35.9 Å². The Hall–Kier alpha value is -1.62. The van der Waals surface area contributed by atoms with Crippen LogP contribution in [0.1, 0.15) is 25.3 Å². The van der Waals surface area contributed by atoms with Gasteiger partial charge in [0.2, 0.25) is 5.91 Å². The van der Waals surface area contributed by atoms with Crippen LogP contribution in [-0.2, 0) is 21.1 Å². The van der Waals surface area contributed by atoms with Crippen molar-refractivity contribution < 1.29 is 13.2 Å². The molecule has 0 radical (unpaired) electrons. The van der Waals surface area contributed by atoms with Crippen molar-refractivity contribution in [2.45, 2.75) is 26.2 Å². The van der Waals surface area contributed by atoms with Gasteiger partial charge in [-0.25, -0.2) is 8.42 Å². The maximum atomic E-state index is 11.8. The molecule has 0 aliphatic carbocycles. The van der Waals surface area contributed by atoms with Gasteiger partial charge in [-0.2, -0.15) is 0 Å². The molecule has 1 saturated heterocycles. The second kappa shape index (κ2) is 7.58. The second-order valence-electron chi connectivity index (χ2n) is 5.99. The van der Waals surface area contributed by atoms with Crippen molar-refractivity contribution in [2.75, 3.05) is 18.1 Å². The van der Waals surface area contributed by atoms with Crippen molar-refractivity contribution in [2.24, 2.45) is 5.92 Å². The predicted molar refractivity (Wildman–Crippen MR) is 88.3 cm³/mol. The summed E-state index contributed by atoms with van der Waals surface area (Å²) in [5, 5.41) is 2.81. The summed E-state index contributed by atoms with van der Waals surface area (Å²) in [4.78, 5) is 11.8. The number of hydrogen-bond acceptors (Lipinski definition) is 3. The first-order valence-electron chi connectivity index (χ1n) is 7.64. The molecule has 22 heavy (non-hydrogen) atoms. The first-order valence-corrected chi connectivity index (χ1v) is 9.46. The van der Waals surface area contributed by atoms with Crippen LogP contribution < -0.4 is 5.32 Å². The number of hydrogen-bond donors (Lipinski definition) is 1. The van der Waals surface area contributed by atoms with Gasteiger partial charge >= 0.3 is 0 Å². The van der Waals surface area contributed by atoms with Crippen molar-refractivity contribution in [1.29, 1.82) is 0 Å². The van der Waals surface area contributed by atoms with Crippen molar-refractivity contribution in [1.82, 2.24) is 5.32 Å². The summed E-state index contributed by atoms with van der Waals surface area (Å²) < 4.78 is 22.7. The Morgan fingerprint density at radius 2 is 2.05 bits per heavy atom. The Morgan fingerprint density at radius 3 is 2.68 bits per heavy atom. The number of carbonyl (C=O) groups is 1. The van der Waals surface area contributed by atoms with E-state index in [0.717, 1.165) is 18.4 Å². The van der Waals surface area contributed by atoms with Gasteiger partial charge < -0.3 is 5.32 Å². The monoisotopic (exact) mass is 321 g/mol. The van der Waals surface area contributed by atoms with Gasteiger partial charge in [0.05, 0.1) is 11.5 Å². The molecule has 1 aliphatic heterocycles. The summed E-state index contributed by atoms with van der Waals surface area (Å²) in [5.41, 5.74) is 2.28. The maximum Gasteiger partial charge on any atom is 0.243 e. The van der Waals surface area contributed by atoms with Gasteiger partial charge in [0.1, 0.15) is 0 Å². The van der Waals surface area contributed by atoms with Crippen LogP contribution >= 0.6 is 0 Å². The minimum atomic E-state index is -2.87. The molecule has 1 heterocycles. The first kappa shape index (κ1) is 16.7. The second-order valence-corrected chi connectivity index (χ2v) is 8.22. The minimum Gasteiger partial charge on any atom is -0.352 e. The fourth-order valence-electron chi connectivity index (χ4n) is 2.61. The van der Waals surface area contributed by atoms with Gasteiger partial charge in [-0.05, 0) is 37.7 Å². The van der Waals surface area contributed by atoms with E-state index in [4.69, 9.17) is 0 Å². The summed E-state index contributed by atoms with van der Waals surface area (Å²) in [6.07, 6.45) is 4.03. The zero-order valence-electron chi connectivity index (χ0n) is 12.9. The highest BCUT2D eigenvalue weighted by atomic mass is 32.2. The number of carbonyl (C=O) groups excluding carboxylic acids is 1. The third kappa shape index (κ3) is 5.64. The van der Waals surface area contributed by atoms with Gasteiger partial charge in [0, 0.05) is 12.6 Å². The lowest BCUT2D eigenvalue weighted by Gasteiger charge is -2.08. The van der Waals surface area contributed by atoms with E-state index in [9.17, 15) is 13.2 Å². The van der Waals surface area contributed by atoms with Crippen LogP contribution in [0.15, 0.2) is 42.0 Å². The molecule has 1 aromatic carbocycles. The third-order valence-electron chi connectivity index (χ3n) is 3.92. The lowest BCUT2D eigenvalue weighted by molar-refractivity contribution is -0.116. The molecule has 0 bridgehead atoms. The zero-order chi connectivity index (χ0) is 16.0. The SMILES string of the molecule is C/C(=C\C(=O)NCC1CCS(=O)(=O)C1)CCc1ccccc1. The average Bonchev–Trinajstić information content (AvgIpc) is 2.83. The number of sulfone groups is 1. The lowest BCUT2D eigenvalue weighted by atomic mass is 10.1. The molecule has 1 atom stereocenters. The number of nitrogens with one attached hydrogen (secondary N) is 1. The molecule has 120 valence electrons. The van der Waals surface area contributed by atoms with Crippen LogP contribution in [0.3, 0.4) is 0 Å². The fourth-order valence-corrected chi connectivity index (χ4v) is 4.47. The summed E-state index contributed by atoms with van der Waals surface area (Å²) >= 11 is 0. The van der Waals surface area contributed by atoms with E-state index in [1.165, 1.54) is 5.56 Å². The van der Waals surface area contributed by atoms with Crippen molar-refractivity contribution in [3.8, 4) is 0 Å². The molecule has 5 heteroatoms. The average molecular weight is 321 g/mol. The summed E-state index contributed by atoms with van der Waals surface area (Å²) in [7, 11) is -2.87. The van der Waals surface area contributed by atoms with Gasteiger partial charge in [-0.3, -0.25) is 4.79 Å². The smallest absolute Gasteiger partial charge is 0.243 e. The number of benzene rings is 1. The highest BCUT2D eigenvalue weighted by Gasteiger charge is 2.27. The number of rotatable bonds is 6. The van der Waals surface area contributed by atoms with Crippen molar-refractivity contribution >= 4 is 15.7 Å². The van der Waals surface area contributed by atoms with E-state index in [0.29, 0.717) is 13.0 Å². The highest BCUT2D eigenvalue weighted by Crippen LogP contribution is 2.17. The molecule has 0 saturated carbocycles. The van der Waals surface area contributed by atoms with Gasteiger partial charge in [0.25, 0.3) is 0 Å². The van der Waals surface area contributed by atoms with Crippen LogP contribution in [0.2, 0.25) is 0 Å². The van der Waals surface area contributed by atoms with Crippen LogP contribution in [0.25, 0.3) is 0 Å². The summed E-state index contributed by atoms with van der Waals surface area (Å²) in [6, 6.07) is 10.2. The highest BCUT2D eigenvalue weighted by molar-refractivity contribution is 7.91. The van der Waals surface area contributed by atoms with Gasteiger partial charge in [0.15, 0.2) is 9.84 Å². The number of amides is 1. The molecule has 0 aromatic heterocycles. The Labute approximate surface area is 132 Å². The molecule has 1 aromatic rings. The quantitative estimate of drug-likeness (QED) is 0.816. The molecular formula is C17H23NO3S. The number of allylic oxidation sites excluding steroid dienone is 1. The normalized spacial score (nSPS) is 20.8. The first-order chi connectivity index (χ1) is 10.4. The van der Waals surface area contributed by atoms with E-state index in [2.05, 4.69) is 17.4 Å². The van der Waals surface area contributed by atoms with E-state index < -0.39 is 9.84 Å². The minimum absolute atomic E-state index is 0.0620. The molecule has 2 rings (SSSR count). The van der Waals surface area contributed by atoms with Crippen LogP contribution in [0.5, 0.6) is 0 Å². The lowest BCUT2D eigenvalue weighted by Crippen LogP contribution is -2.28. The molecular weight excluding hydrogens is 298 g/mol. The molecule has 1 amide bonds. The molecule has 0 spiro atoms. The van der Waals surface area contributed by atoms with Crippen LogP contribution in [0.4, 0.5) is 0 Å². The van der Waals surface area contributed by atoms with E-state index in [-0.39, 0.29) is 23.3 Å². The van der Waals surface area contributed by atoms with E-state index in [1.54, 1.807) is 6.08 Å². The predicted octanol–water partition coefficient (Wildman–Crippen LogP) is 2.12. The molecule has 1 fully saturated rings. The zero-order valence-corrected chi connectivity index (χ0v) is 13.7. The maximum absolute atomic E-state index is 11.8.